The molecule has 0 aliphatic carbocycles. The van der Waals surface area contributed by atoms with Gasteiger partial charge in [0.1, 0.15) is 5.76 Å². The fraction of sp³-hybridized carbons (Fsp3) is 0.667. The first-order valence-electron chi connectivity index (χ1n) is 5.75. The minimum atomic E-state index is -0.828. The van der Waals surface area contributed by atoms with E-state index in [2.05, 4.69) is 18.8 Å². The Hall–Kier alpha value is -1.36. The first kappa shape index (κ1) is 13.7. The predicted molar refractivity (Wildman–Crippen MR) is 63.7 cm³/mol. The summed E-state index contributed by atoms with van der Waals surface area (Å²) in [5.74, 6) is 0.957. The lowest BCUT2D eigenvalue weighted by Crippen LogP contribution is -2.32. The van der Waals surface area contributed by atoms with Crippen molar-refractivity contribution in [2.24, 2.45) is 5.92 Å². The quantitative estimate of drug-likeness (QED) is 0.821. The average molecular weight is 240 g/mol. The molecule has 5 nitrogen and oxygen atoms in total. The zero-order chi connectivity index (χ0) is 13.0. The van der Waals surface area contributed by atoms with Gasteiger partial charge in [-0.1, -0.05) is 13.8 Å². The number of carboxylic acid groups (broad SMARTS) is 1. The topological polar surface area (TPSA) is 66.6 Å². The lowest BCUT2D eigenvalue weighted by atomic mass is 10.2. The highest BCUT2D eigenvalue weighted by Crippen LogP contribution is 2.11. The van der Waals surface area contributed by atoms with Crippen LogP contribution >= 0.6 is 0 Å². The highest BCUT2D eigenvalue weighted by molar-refractivity contribution is 5.69. The molecule has 1 aromatic rings. The minimum absolute atomic E-state index is 0.0126. The number of aromatic nitrogens is 1. The lowest BCUT2D eigenvalue weighted by molar-refractivity contribution is -0.138. The van der Waals surface area contributed by atoms with Crippen LogP contribution in [0.1, 0.15) is 31.2 Å². The minimum Gasteiger partial charge on any atom is -0.480 e. The van der Waals surface area contributed by atoms with E-state index in [1.165, 1.54) is 0 Å². The van der Waals surface area contributed by atoms with Gasteiger partial charge in [0.05, 0.1) is 18.8 Å². The highest BCUT2D eigenvalue weighted by atomic mass is 16.4. The van der Waals surface area contributed by atoms with Crippen LogP contribution in [-0.2, 0) is 11.3 Å². The van der Waals surface area contributed by atoms with Crippen LogP contribution in [0.15, 0.2) is 4.42 Å². The first-order chi connectivity index (χ1) is 7.88. The molecule has 0 amide bonds. The number of aryl methyl sites for hydroxylation is 2. The molecule has 1 heterocycles. The molecule has 17 heavy (non-hydrogen) atoms. The Morgan fingerprint density at radius 2 is 2.12 bits per heavy atom. The van der Waals surface area contributed by atoms with Gasteiger partial charge in [0.15, 0.2) is 0 Å². The number of rotatable bonds is 6. The van der Waals surface area contributed by atoms with Crippen LogP contribution in [0, 0.1) is 19.8 Å². The number of carboxylic acids is 1. The molecule has 5 heteroatoms. The summed E-state index contributed by atoms with van der Waals surface area (Å²) < 4.78 is 5.46. The Bertz CT molecular complexity index is 366. The van der Waals surface area contributed by atoms with Crippen molar-refractivity contribution in [2.45, 2.75) is 34.2 Å². The van der Waals surface area contributed by atoms with Crippen molar-refractivity contribution in [2.75, 3.05) is 13.1 Å². The molecule has 96 valence electrons. The molecule has 1 N–H and O–H groups in total. The molecule has 0 aliphatic rings. The summed E-state index contributed by atoms with van der Waals surface area (Å²) in [6, 6.07) is 0. The molecule has 0 atom stereocenters. The maximum atomic E-state index is 10.8. The van der Waals surface area contributed by atoms with E-state index in [1.807, 2.05) is 18.7 Å². The van der Waals surface area contributed by atoms with Gasteiger partial charge in [-0.3, -0.25) is 9.69 Å². The van der Waals surface area contributed by atoms with Gasteiger partial charge in [0.25, 0.3) is 0 Å². The van der Waals surface area contributed by atoms with Crippen LogP contribution in [0.2, 0.25) is 0 Å². The standard InChI is InChI=1S/C12H20N2O3/c1-8(2)5-14(7-12(15)16)6-11-13-9(3)10(4)17-11/h8H,5-7H2,1-4H3,(H,15,16). The SMILES string of the molecule is Cc1nc(CN(CC(=O)O)CC(C)C)oc1C. The fourth-order valence-electron chi connectivity index (χ4n) is 1.69. The Labute approximate surface area is 101 Å². The molecule has 0 aliphatic heterocycles. The molecule has 0 aromatic carbocycles. The number of aliphatic carboxylic acids is 1. The smallest absolute Gasteiger partial charge is 0.317 e. The third kappa shape index (κ3) is 4.56. The molecule has 1 rings (SSSR count). The van der Waals surface area contributed by atoms with Gasteiger partial charge in [-0.2, -0.15) is 0 Å². The Balaban J connectivity index is 2.67. The summed E-state index contributed by atoms with van der Waals surface area (Å²) in [6.45, 7) is 9.02. The van der Waals surface area contributed by atoms with Crippen molar-refractivity contribution in [1.29, 1.82) is 0 Å². The largest absolute Gasteiger partial charge is 0.480 e. The third-order valence-corrected chi connectivity index (χ3v) is 2.41. The molecule has 0 saturated carbocycles. The van der Waals surface area contributed by atoms with Crippen molar-refractivity contribution >= 4 is 5.97 Å². The van der Waals surface area contributed by atoms with Gasteiger partial charge in [0.2, 0.25) is 5.89 Å². The maximum Gasteiger partial charge on any atom is 0.317 e. The van der Waals surface area contributed by atoms with E-state index in [1.54, 1.807) is 0 Å². The number of oxazole rings is 1. The summed E-state index contributed by atoms with van der Waals surface area (Å²) in [7, 11) is 0. The number of hydrogen-bond acceptors (Lipinski definition) is 4. The molecule has 0 radical (unpaired) electrons. The van der Waals surface area contributed by atoms with Gasteiger partial charge in [-0.25, -0.2) is 4.98 Å². The second kappa shape index (κ2) is 5.82. The van der Waals surface area contributed by atoms with Crippen LogP contribution in [-0.4, -0.2) is 34.0 Å². The highest BCUT2D eigenvalue weighted by Gasteiger charge is 2.15. The Morgan fingerprint density at radius 3 is 2.53 bits per heavy atom. The molecular weight excluding hydrogens is 220 g/mol. The summed E-state index contributed by atoms with van der Waals surface area (Å²) in [4.78, 5) is 16.9. The van der Waals surface area contributed by atoms with Crippen LogP contribution in [0.3, 0.4) is 0 Å². The van der Waals surface area contributed by atoms with Crippen LogP contribution in [0.4, 0.5) is 0 Å². The monoisotopic (exact) mass is 240 g/mol. The molecule has 0 bridgehead atoms. The normalized spacial score (nSPS) is 11.4. The van der Waals surface area contributed by atoms with E-state index in [0.29, 0.717) is 24.9 Å². The average Bonchev–Trinajstić information content (AvgIpc) is 2.42. The summed E-state index contributed by atoms with van der Waals surface area (Å²) in [5, 5.41) is 8.84. The van der Waals surface area contributed by atoms with Gasteiger partial charge < -0.3 is 9.52 Å². The predicted octanol–water partition coefficient (Wildman–Crippen LogP) is 1.83. The van der Waals surface area contributed by atoms with E-state index in [0.717, 1.165) is 11.5 Å². The molecule has 0 spiro atoms. The van der Waals surface area contributed by atoms with Crippen LogP contribution < -0.4 is 0 Å². The summed E-state index contributed by atoms with van der Waals surface area (Å²) >= 11 is 0. The Morgan fingerprint density at radius 1 is 1.47 bits per heavy atom. The number of nitrogens with zero attached hydrogens (tertiary/aromatic N) is 2. The van der Waals surface area contributed by atoms with E-state index in [9.17, 15) is 4.79 Å². The second-order valence-corrected chi connectivity index (χ2v) is 4.71. The summed E-state index contributed by atoms with van der Waals surface area (Å²) in [5.41, 5.74) is 0.861. The third-order valence-electron chi connectivity index (χ3n) is 2.41. The number of hydrogen-bond donors (Lipinski definition) is 1. The van der Waals surface area contributed by atoms with Crippen molar-refractivity contribution in [3.8, 4) is 0 Å². The van der Waals surface area contributed by atoms with Gasteiger partial charge in [-0.15, -0.1) is 0 Å². The van der Waals surface area contributed by atoms with E-state index < -0.39 is 5.97 Å². The van der Waals surface area contributed by atoms with Crippen molar-refractivity contribution in [3.63, 3.8) is 0 Å². The maximum absolute atomic E-state index is 10.8. The second-order valence-electron chi connectivity index (χ2n) is 4.71. The van der Waals surface area contributed by atoms with Crippen molar-refractivity contribution in [1.82, 2.24) is 9.88 Å². The first-order valence-corrected chi connectivity index (χ1v) is 5.75. The molecule has 0 saturated heterocycles. The van der Waals surface area contributed by atoms with E-state index in [4.69, 9.17) is 9.52 Å². The van der Waals surface area contributed by atoms with Crippen molar-refractivity contribution in [3.05, 3.63) is 17.3 Å². The summed E-state index contributed by atoms with van der Waals surface area (Å²) in [6.07, 6.45) is 0. The van der Waals surface area contributed by atoms with Gasteiger partial charge in [0, 0.05) is 6.54 Å². The lowest BCUT2D eigenvalue weighted by Gasteiger charge is -2.20. The fourth-order valence-corrected chi connectivity index (χ4v) is 1.69. The number of carbonyl (C=O) groups is 1. The molecule has 0 fully saturated rings. The zero-order valence-corrected chi connectivity index (χ0v) is 10.9. The van der Waals surface area contributed by atoms with E-state index in [-0.39, 0.29) is 6.54 Å². The van der Waals surface area contributed by atoms with E-state index >= 15 is 0 Å². The van der Waals surface area contributed by atoms with Crippen LogP contribution in [0.25, 0.3) is 0 Å². The molecule has 0 unspecified atom stereocenters. The van der Waals surface area contributed by atoms with Crippen molar-refractivity contribution < 1.29 is 14.3 Å². The van der Waals surface area contributed by atoms with Gasteiger partial charge in [-0.05, 0) is 19.8 Å². The molecule has 1 aromatic heterocycles. The Kier molecular flexibility index (Phi) is 4.69. The zero-order valence-electron chi connectivity index (χ0n) is 10.9. The van der Waals surface area contributed by atoms with Gasteiger partial charge >= 0.3 is 5.97 Å². The van der Waals surface area contributed by atoms with Crippen LogP contribution in [0.5, 0.6) is 0 Å². The molecular formula is C12H20N2O3.